The molecule has 3 aliphatic heterocycles. The Labute approximate surface area is 159 Å². The molecule has 2 atom stereocenters. The maximum absolute atomic E-state index is 12.9. The van der Waals surface area contributed by atoms with E-state index in [0.717, 1.165) is 18.4 Å². The molecule has 0 aliphatic carbocycles. The average molecular weight is 364 g/mol. The standard InChI is InChI=1S/C22H24N2O3/c25-20-8-4-5-16(11-20)12-21(26)24-14-17-9-10-19(24)15-23(13-17)22(27)18-6-2-1-3-7-18/h1-8,11,17,19,25H,9-10,12-15H2/t17-,19+/m0/s1. The molecule has 3 heterocycles. The number of carbonyl (C=O) groups excluding carboxylic acids is 2. The Morgan fingerprint density at radius 3 is 2.56 bits per heavy atom. The number of nitrogens with zero attached hydrogens (tertiary/aromatic N) is 2. The van der Waals surface area contributed by atoms with Gasteiger partial charge in [0.25, 0.3) is 5.91 Å². The summed E-state index contributed by atoms with van der Waals surface area (Å²) in [5.41, 5.74) is 1.52. The molecule has 0 saturated carbocycles. The summed E-state index contributed by atoms with van der Waals surface area (Å²) in [5, 5.41) is 9.62. The highest BCUT2D eigenvalue weighted by Crippen LogP contribution is 2.29. The highest BCUT2D eigenvalue weighted by Gasteiger charge is 2.38. The monoisotopic (exact) mass is 364 g/mol. The Balaban J connectivity index is 1.48. The van der Waals surface area contributed by atoms with Gasteiger partial charge in [-0.1, -0.05) is 30.3 Å². The number of rotatable bonds is 3. The van der Waals surface area contributed by atoms with Gasteiger partial charge in [-0.05, 0) is 48.6 Å². The van der Waals surface area contributed by atoms with Crippen LogP contribution >= 0.6 is 0 Å². The number of hydrogen-bond donors (Lipinski definition) is 1. The van der Waals surface area contributed by atoms with Crippen LogP contribution in [0.5, 0.6) is 5.75 Å². The first kappa shape index (κ1) is 17.6. The van der Waals surface area contributed by atoms with Crippen molar-refractivity contribution in [1.82, 2.24) is 9.80 Å². The van der Waals surface area contributed by atoms with Crippen molar-refractivity contribution in [2.24, 2.45) is 5.92 Å². The summed E-state index contributed by atoms with van der Waals surface area (Å²) in [6.45, 7) is 2.01. The number of amides is 2. The van der Waals surface area contributed by atoms with Crippen molar-refractivity contribution in [3.05, 3.63) is 65.7 Å². The lowest BCUT2D eigenvalue weighted by Crippen LogP contribution is -2.48. The van der Waals surface area contributed by atoms with Crippen LogP contribution in [0.15, 0.2) is 54.6 Å². The minimum atomic E-state index is 0.0507. The predicted octanol–water partition coefficient (Wildman–Crippen LogP) is 2.70. The molecule has 0 unspecified atom stereocenters. The molecular weight excluding hydrogens is 340 g/mol. The summed E-state index contributed by atoms with van der Waals surface area (Å²) < 4.78 is 0. The SMILES string of the molecule is O=C(c1ccccc1)N1C[C@@H]2CC[C@H](C1)N(C(=O)Cc1cccc(O)c1)C2. The van der Waals surface area contributed by atoms with Crippen molar-refractivity contribution in [2.75, 3.05) is 19.6 Å². The molecule has 1 N–H and O–H groups in total. The third-order valence-corrected chi connectivity index (χ3v) is 5.61. The van der Waals surface area contributed by atoms with Crippen LogP contribution in [0.1, 0.15) is 28.8 Å². The van der Waals surface area contributed by atoms with E-state index < -0.39 is 0 Å². The van der Waals surface area contributed by atoms with Gasteiger partial charge in [0.05, 0.1) is 6.42 Å². The third-order valence-electron chi connectivity index (χ3n) is 5.61. The maximum Gasteiger partial charge on any atom is 0.253 e. The minimum Gasteiger partial charge on any atom is -0.508 e. The van der Waals surface area contributed by atoms with Crippen molar-refractivity contribution in [1.29, 1.82) is 0 Å². The van der Waals surface area contributed by atoms with Crippen LogP contribution in [0.25, 0.3) is 0 Å². The fourth-order valence-electron chi connectivity index (χ4n) is 4.26. The van der Waals surface area contributed by atoms with E-state index in [4.69, 9.17) is 0 Å². The smallest absolute Gasteiger partial charge is 0.253 e. The van der Waals surface area contributed by atoms with Gasteiger partial charge in [-0.25, -0.2) is 0 Å². The quantitative estimate of drug-likeness (QED) is 0.911. The number of fused-ring (bicyclic) bond motifs is 4. The number of piperidine rings is 1. The van der Waals surface area contributed by atoms with Crippen LogP contribution in [0.3, 0.4) is 0 Å². The van der Waals surface area contributed by atoms with Gasteiger partial charge in [-0.2, -0.15) is 0 Å². The molecule has 5 nitrogen and oxygen atoms in total. The molecule has 2 aromatic carbocycles. The van der Waals surface area contributed by atoms with Crippen molar-refractivity contribution in [3.63, 3.8) is 0 Å². The van der Waals surface area contributed by atoms with E-state index >= 15 is 0 Å². The number of benzene rings is 2. The summed E-state index contributed by atoms with van der Waals surface area (Å²) in [7, 11) is 0. The first-order valence-corrected chi connectivity index (χ1v) is 9.52. The number of phenols is 1. The topological polar surface area (TPSA) is 60.9 Å². The lowest BCUT2D eigenvalue weighted by molar-refractivity contribution is -0.134. The fourth-order valence-corrected chi connectivity index (χ4v) is 4.26. The van der Waals surface area contributed by atoms with Gasteiger partial charge in [0.1, 0.15) is 5.75 Å². The van der Waals surface area contributed by atoms with Crippen LogP contribution in [-0.4, -0.2) is 52.4 Å². The molecule has 3 aliphatic rings. The highest BCUT2D eigenvalue weighted by molar-refractivity contribution is 5.94. The number of phenolic OH excluding ortho intramolecular Hbond substituents is 1. The van der Waals surface area contributed by atoms with E-state index in [1.54, 1.807) is 18.2 Å². The van der Waals surface area contributed by atoms with Gasteiger partial charge in [0.15, 0.2) is 0 Å². The summed E-state index contributed by atoms with van der Waals surface area (Å²) in [5.74, 6) is 0.626. The number of carbonyl (C=O) groups is 2. The maximum atomic E-state index is 12.9. The predicted molar refractivity (Wildman–Crippen MR) is 102 cm³/mol. The Morgan fingerprint density at radius 1 is 0.963 bits per heavy atom. The van der Waals surface area contributed by atoms with E-state index in [1.807, 2.05) is 46.2 Å². The molecule has 140 valence electrons. The molecule has 0 aromatic heterocycles. The number of aromatic hydroxyl groups is 1. The average Bonchev–Trinajstić information content (AvgIpc) is 3.00. The molecule has 5 heteroatoms. The third kappa shape index (κ3) is 3.82. The van der Waals surface area contributed by atoms with E-state index in [-0.39, 0.29) is 30.0 Å². The van der Waals surface area contributed by atoms with Gasteiger partial charge in [-0.15, -0.1) is 0 Å². The molecule has 2 amide bonds. The van der Waals surface area contributed by atoms with Gasteiger partial charge >= 0.3 is 0 Å². The molecule has 5 rings (SSSR count). The zero-order chi connectivity index (χ0) is 18.8. The van der Waals surface area contributed by atoms with Crippen LogP contribution < -0.4 is 0 Å². The second-order valence-corrected chi connectivity index (χ2v) is 7.57. The van der Waals surface area contributed by atoms with Crippen LogP contribution in [-0.2, 0) is 11.2 Å². The lowest BCUT2D eigenvalue weighted by Gasteiger charge is -2.36. The summed E-state index contributed by atoms with van der Waals surface area (Å²) in [4.78, 5) is 29.7. The second-order valence-electron chi connectivity index (χ2n) is 7.57. The van der Waals surface area contributed by atoms with Gasteiger partial charge in [0.2, 0.25) is 5.91 Å². The van der Waals surface area contributed by atoms with Crippen molar-refractivity contribution in [2.45, 2.75) is 25.3 Å². The largest absolute Gasteiger partial charge is 0.508 e. The van der Waals surface area contributed by atoms with Crippen molar-refractivity contribution in [3.8, 4) is 5.75 Å². The molecular formula is C22H24N2O3. The number of hydrogen-bond acceptors (Lipinski definition) is 3. The first-order chi connectivity index (χ1) is 13.1. The zero-order valence-electron chi connectivity index (χ0n) is 15.3. The Morgan fingerprint density at radius 2 is 1.78 bits per heavy atom. The van der Waals surface area contributed by atoms with Gasteiger partial charge in [-0.3, -0.25) is 9.59 Å². The Bertz CT molecular complexity index is 836. The van der Waals surface area contributed by atoms with E-state index in [0.29, 0.717) is 31.1 Å². The van der Waals surface area contributed by atoms with Gasteiger partial charge in [0, 0.05) is 31.2 Å². The first-order valence-electron chi connectivity index (χ1n) is 9.52. The molecule has 3 fully saturated rings. The molecule has 0 spiro atoms. The van der Waals surface area contributed by atoms with Crippen molar-refractivity contribution >= 4 is 11.8 Å². The van der Waals surface area contributed by atoms with Crippen LogP contribution in [0.4, 0.5) is 0 Å². The van der Waals surface area contributed by atoms with E-state index in [1.165, 1.54) is 0 Å². The van der Waals surface area contributed by atoms with E-state index in [2.05, 4.69) is 0 Å². The Kier molecular flexibility index (Phi) is 4.84. The second kappa shape index (κ2) is 7.43. The van der Waals surface area contributed by atoms with Crippen molar-refractivity contribution < 1.29 is 14.7 Å². The molecule has 2 bridgehead atoms. The summed E-state index contributed by atoms with van der Waals surface area (Å²) in [6, 6.07) is 16.3. The van der Waals surface area contributed by atoms with E-state index in [9.17, 15) is 14.7 Å². The zero-order valence-corrected chi connectivity index (χ0v) is 15.3. The summed E-state index contributed by atoms with van der Waals surface area (Å²) in [6.07, 6.45) is 2.28. The molecule has 0 radical (unpaired) electrons. The minimum absolute atomic E-state index is 0.0507. The van der Waals surface area contributed by atoms with Crippen LogP contribution in [0, 0.1) is 5.92 Å². The fraction of sp³-hybridized carbons (Fsp3) is 0.364. The highest BCUT2D eigenvalue weighted by atomic mass is 16.3. The normalized spacial score (nSPS) is 21.8. The molecule has 3 saturated heterocycles. The molecule has 27 heavy (non-hydrogen) atoms. The summed E-state index contributed by atoms with van der Waals surface area (Å²) >= 11 is 0. The molecule has 2 aromatic rings. The Hall–Kier alpha value is -2.82. The van der Waals surface area contributed by atoms with Gasteiger partial charge < -0.3 is 14.9 Å². The van der Waals surface area contributed by atoms with Crippen LogP contribution in [0.2, 0.25) is 0 Å². The lowest BCUT2D eigenvalue weighted by atomic mass is 9.94.